The second kappa shape index (κ2) is 7.00. The van der Waals surface area contributed by atoms with Gasteiger partial charge < -0.3 is 14.6 Å². The molecule has 4 nitrogen and oxygen atoms in total. The molecule has 0 aliphatic rings. The number of methoxy groups -OCH3 is 2. The molecular formula is C17H15ClO4. The van der Waals surface area contributed by atoms with Crippen LogP contribution in [-0.2, 0) is 0 Å². The molecule has 0 aliphatic carbocycles. The predicted molar refractivity (Wildman–Crippen MR) is 86.0 cm³/mol. The number of benzene rings is 2. The average molecular weight is 319 g/mol. The zero-order valence-corrected chi connectivity index (χ0v) is 12.9. The highest BCUT2D eigenvalue weighted by Crippen LogP contribution is 2.42. The number of carbonyl (C=O) groups is 1. The number of phenolic OH excluding ortho intramolecular Hbond substituents is 1. The maximum atomic E-state index is 12.3. The molecule has 0 unspecified atom stereocenters. The van der Waals surface area contributed by atoms with Crippen LogP contribution in [0, 0.1) is 0 Å². The van der Waals surface area contributed by atoms with Crippen molar-refractivity contribution >= 4 is 23.5 Å². The number of hydrogen-bond acceptors (Lipinski definition) is 4. The fourth-order valence-electron chi connectivity index (χ4n) is 2.00. The molecule has 0 bridgehead atoms. The van der Waals surface area contributed by atoms with Crippen LogP contribution in [0.2, 0.25) is 5.02 Å². The van der Waals surface area contributed by atoms with E-state index in [4.69, 9.17) is 21.1 Å². The van der Waals surface area contributed by atoms with Crippen molar-refractivity contribution in [3.8, 4) is 17.2 Å². The number of aromatic hydroxyl groups is 1. The van der Waals surface area contributed by atoms with Crippen LogP contribution in [0.5, 0.6) is 17.2 Å². The molecule has 0 saturated carbocycles. The van der Waals surface area contributed by atoms with E-state index < -0.39 is 5.78 Å². The second-order valence-electron chi connectivity index (χ2n) is 4.43. The first-order valence-corrected chi connectivity index (χ1v) is 6.87. The van der Waals surface area contributed by atoms with E-state index >= 15 is 0 Å². The lowest BCUT2D eigenvalue weighted by Crippen LogP contribution is -2.01. The predicted octanol–water partition coefficient (Wildman–Crippen LogP) is 3.96. The van der Waals surface area contributed by atoms with Gasteiger partial charge in [0.15, 0.2) is 11.5 Å². The molecule has 1 N–H and O–H groups in total. The van der Waals surface area contributed by atoms with Gasteiger partial charge in [-0.25, -0.2) is 0 Å². The molecular weight excluding hydrogens is 304 g/mol. The lowest BCUT2D eigenvalue weighted by molar-refractivity contribution is 0.104. The largest absolute Gasteiger partial charge is 0.507 e. The maximum absolute atomic E-state index is 12.3. The smallest absolute Gasteiger partial charge is 0.193 e. The number of allylic oxidation sites excluding steroid dienone is 1. The van der Waals surface area contributed by atoms with Gasteiger partial charge in [0.05, 0.1) is 14.2 Å². The summed E-state index contributed by atoms with van der Waals surface area (Å²) in [5, 5.41) is 10.2. The second-order valence-corrected chi connectivity index (χ2v) is 4.81. The minimum absolute atomic E-state index is 0.000445. The maximum Gasteiger partial charge on any atom is 0.193 e. The summed E-state index contributed by atoms with van der Waals surface area (Å²) in [7, 11) is 2.79. The minimum atomic E-state index is -0.414. The summed E-state index contributed by atoms with van der Waals surface area (Å²) in [6.07, 6.45) is 3.01. The van der Waals surface area contributed by atoms with Crippen LogP contribution in [0.4, 0.5) is 0 Å². The molecule has 0 aliphatic heterocycles. The normalized spacial score (nSPS) is 10.7. The fourth-order valence-corrected chi connectivity index (χ4v) is 2.30. The standard InChI is InChI=1S/C17H15ClO4/c1-21-14-10-13(20)15(17(22-2)16(14)18)12(19)9-8-11-6-4-3-5-7-11/h3-10,20H,1-2H3. The van der Waals surface area contributed by atoms with E-state index in [1.165, 1.54) is 26.4 Å². The molecule has 0 spiro atoms. The van der Waals surface area contributed by atoms with E-state index in [1.54, 1.807) is 6.08 Å². The molecule has 0 aromatic heterocycles. The van der Waals surface area contributed by atoms with Crippen molar-refractivity contribution in [2.24, 2.45) is 0 Å². The lowest BCUT2D eigenvalue weighted by Gasteiger charge is -2.13. The third-order valence-corrected chi connectivity index (χ3v) is 3.42. The number of carbonyl (C=O) groups excluding carboxylic acids is 1. The zero-order chi connectivity index (χ0) is 16.1. The first kappa shape index (κ1) is 15.9. The third kappa shape index (κ3) is 3.23. The van der Waals surface area contributed by atoms with Gasteiger partial charge in [-0.1, -0.05) is 48.0 Å². The van der Waals surface area contributed by atoms with Crippen LogP contribution in [0.25, 0.3) is 6.08 Å². The molecule has 0 radical (unpaired) electrons. The van der Waals surface area contributed by atoms with Crippen molar-refractivity contribution in [3.63, 3.8) is 0 Å². The Hall–Kier alpha value is -2.46. The van der Waals surface area contributed by atoms with E-state index in [0.29, 0.717) is 0 Å². The molecule has 22 heavy (non-hydrogen) atoms. The summed E-state index contributed by atoms with van der Waals surface area (Å²) in [6.45, 7) is 0. The van der Waals surface area contributed by atoms with Crippen molar-refractivity contribution in [1.82, 2.24) is 0 Å². The van der Waals surface area contributed by atoms with Crippen molar-refractivity contribution in [3.05, 3.63) is 58.6 Å². The summed E-state index contributed by atoms with van der Waals surface area (Å²) in [5.41, 5.74) is 0.870. The number of ketones is 1. The van der Waals surface area contributed by atoms with Gasteiger partial charge in [0, 0.05) is 6.07 Å². The van der Waals surface area contributed by atoms with E-state index in [-0.39, 0.29) is 27.8 Å². The lowest BCUT2D eigenvalue weighted by atomic mass is 10.1. The summed E-state index contributed by atoms with van der Waals surface area (Å²) in [5.74, 6) is -0.343. The molecule has 0 fully saturated rings. The van der Waals surface area contributed by atoms with Crippen LogP contribution in [0.1, 0.15) is 15.9 Å². The van der Waals surface area contributed by atoms with Gasteiger partial charge >= 0.3 is 0 Å². The van der Waals surface area contributed by atoms with Crippen molar-refractivity contribution < 1.29 is 19.4 Å². The molecule has 2 aromatic carbocycles. The SMILES string of the molecule is COc1cc(O)c(C(=O)C=Cc2ccccc2)c(OC)c1Cl. The first-order chi connectivity index (χ1) is 10.6. The monoisotopic (exact) mass is 318 g/mol. The molecule has 5 heteroatoms. The fraction of sp³-hybridized carbons (Fsp3) is 0.118. The van der Waals surface area contributed by atoms with Gasteiger partial charge in [-0.15, -0.1) is 0 Å². The summed E-state index contributed by atoms with van der Waals surface area (Å²) < 4.78 is 10.2. The Bertz CT molecular complexity index is 708. The molecule has 0 amide bonds. The van der Waals surface area contributed by atoms with Crippen molar-refractivity contribution in [2.45, 2.75) is 0 Å². The summed E-state index contributed by atoms with van der Waals surface area (Å²) in [6, 6.07) is 10.6. The Morgan fingerprint density at radius 3 is 2.45 bits per heavy atom. The van der Waals surface area contributed by atoms with Gasteiger partial charge in [0.1, 0.15) is 22.1 Å². The Balaban J connectivity index is 2.41. The highest BCUT2D eigenvalue weighted by molar-refractivity contribution is 6.34. The van der Waals surface area contributed by atoms with Gasteiger partial charge in [0.2, 0.25) is 0 Å². The van der Waals surface area contributed by atoms with Crippen LogP contribution < -0.4 is 9.47 Å². The molecule has 0 atom stereocenters. The highest BCUT2D eigenvalue weighted by Gasteiger charge is 2.22. The molecule has 0 heterocycles. The van der Waals surface area contributed by atoms with Crippen LogP contribution in [-0.4, -0.2) is 25.1 Å². The minimum Gasteiger partial charge on any atom is -0.507 e. The average Bonchev–Trinajstić information content (AvgIpc) is 2.54. The Labute approximate surface area is 133 Å². The van der Waals surface area contributed by atoms with Crippen molar-refractivity contribution in [2.75, 3.05) is 14.2 Å². The van der Waals surface area contributed by atoms with Gasteiger partial charge in [0.25, 0.3) is 0 Å². The third-order valence-electron chi connectivity index (χ3n) is 3.06. The van der Waals surface area contributed by atoms with Crippen molar-refractivity contribution in [1.29, 1.82) is 0 Å². The molecule has 0 saturated heterocycles. The number of rotatable bonds is 5. The van der Waals surface area contributed by atoms with E-state index in [1.807, 2.05) is 30.3 Å². The Kier molecular flexibility index (Phi) is 5.07. The number of hydrogen-bond donors (Lipinski definition) is 1. The zero-order valence-electron chi connectivity index (χ0n) is 12.2. The highest BCUT2D eigenvalue weighted by atomic mass is 35.5. The molecule has 2 aromatic rings. The molecule has 2 rings (SSSR count). The van der Waals surface area contributed by atoms with E-state index in [0.717, 1.165) is 5.56 Å². The summed E-state index contributed by atoms with van der Waals surface area (Å²) in [4.78, 5) is 12.3. The quantitative estimate of drug-likeness (QED) is 0.669. The van der Waals surface area contributed by atoms with Gasteiger partial charge in [-0.3, -0.25) is 4.79 Å². The van der Waals surface area contributed by atoms with Crippen LogP contribution >= 0.6 is 11.6 Å². The van der Waals surface area contributed by atoms with Crippen LogP contribution in [0.3, 0.4) is 0 Å². The molecule has 114 valence electrons. The number of halogens is 1. The Morgan fingerprint density at radius 1 is 1.18 bits per heavy atom. The number of ether oxygens (including phenoxy) is 2. The van der Waals surface area contributed by atoms with Crippen LogP contribution in [0.15, 0.2) is 42.5 Å². The van der Waals surface area contributed by atoms with Gasteiger partial charge in [-0.2, -0.15) is 0 Å². The van der Waals surface area contributed by atoms with E-state index in [9.17, 15) is 9.90 Å². The topological polar surface area (TPSA) is 55.8 Å². The summed E-state index contributed by atoms with van der Waals surface area (Å²) >= 11 is 6.11. The first-order valence-electron chi connectivity index (χ1n) is 6.49. The van der Waals surface area contributed by atoms with E-state index in [2.05, 4.69) is 0 Å². The Morgan fingerprint density at radius 2 is 1.86 bits per heavy atom. The van der Waals surface area contributed by atoms with Gasteiger partial charge in [-0.05, 0) is 11.6 Å². The number of phenols is 1.